The van der Waals surface area contributed by atoms with Gasteiger partial charge in [0.15, 0.2) is 11.6 Å². The quantitative estimate of drug-likeness (QED) is 0.846. The fourth-order valence-electron chi connectivity index (χ4n) is 4.00. The summed E-state index contributed by atoms with van der Waals surface area (Å²) in [5.74, 6) is -1.39. The zero-order valence-corrected chi connectivity index (χ0v) is 13.4. The highest BCUT2D eigenvalue weighted by molar-refractivity contribution is 5.84. The normalized spacial score (nSPS) is 26.2. The fourth-order valence-corrected chi connectivity index (χ4v) is 4.00. The molecule has 1 aromatic carbocycles. The molecule has 24 heavy (non-hydrogen) atoms. The second-order valence-corrected chi connectivity index (χ2v) is 7.09. The molecule has 0 aromatic heterocycles. The van der Waals surface area contributed by atoms with Gasteiger partial charge in [-0.2, -0.15) is 0 Å². The Hall–Kier alpha value is -1.98. The number of carbonyl (C=O) groups excluding carboxylic acids is 2. The van der Waals surface area contributed by atoms with Crippen LogP contribution < -0.4 is 0 Å². The molecule has 0 unspecified atom stereocenters. The molecule has 0 spiro atoms. The molecule has 2 amide bonds. The third-order valence-electron chi connectivity index (χ3n) is 5.46. The number of hydrogen-bond acceptors (Lipinski definition) is 2. The van der Waals surface area contributed by atoms with Crippen LogP contribution in [0.2, 0.25) is 0 Å². The Morgan fingerprint density at radius 2 is 1.96 bits per heavy atom. The minimum absolute atomic E-state index is 0.0719. The molecule has 6 heteroatoms. The summed E-state index contributed by atoms with van der Waals surface area (Å²) in [7, 11) is 0. The molecule has 2 heterocycles. The number of rotatable bonds is 4. The van der Waals surface area contributed by atoms with E-state index in [1.54, 1.807) is 4.90 Å². The molecule has 1 aliphatic carbocycles. The molecule has 0 N–H and O–H groups in total. The van der Waals surface area contributed by atoms with Gasteiger partial charge in [0.1, 0.15) is 0 Å². The van der Waals surface area contributed by atoms with Crippen molar-refractivity contribution in [2.24, 2.45) is 5.92 Å². The van der Waals surface area contributed by atoms with Crippen LogP contribution in [0.3, 0.4) is 0 Å². The van der Waals surface area contributed by atoms with Gasteiger partial charge in [-0.25, -0.2) is 8.78 Å². The lowest BCUT2D eigenvalue weighted by atomic mass is 10.1. The third-order valence-corrected chi connectivity index (χ3v) is 5.46. The zero-order chi connectivity index (χ0) is 16.8. The van der Waals surface area contributed by atoms with E-state index in [0.29, 0.717) is 18.9 Å². The number of hydrogen-bond donors (Lipinski definition) is 0. The van der Waals surface area contributed by atoms with Crippen molar-refractivity contribution in [1.82, 2.24) is 9.80 Å². The lowest BCUT2D eigenvalue weighted by molar-refractivity contribution is -0.131. The Kier molecular flexibility index (Phi) is 3.77. The van der Waals surface area contributed by atoms with Crippen LogP contribution in [0.25, 0.3) is 0 Å². The van der Waals surface area contributed by atoms with E-state index in [-0.39, 0.29) is 35.9 Å². The van der Waals surface area contributed by atoms with Crippen LogP contribution in [0.1, 0.15) is 31.2 Å². The minimum Gasteiger partial charge on any atom is -0.337 e. The first-order valence-corrected chi connectivity index (χ1v) is 8.56. The predicted molar refractivity (Wildman–Crippen MR) is 83.0 cm³/mol. The highest BCUT2D eigenvalue weighted by atomic mass is 19.2. The molecule has 4 rings (SSSR count). The summed E-state index contributed by atoms with van der Waals surface area (Å²) in [6.45, 7) is 1.39. The molecule has 2 saturated heterocycles. The number of likely N-dealkylation sites (tertiary alicyclic amines) is 2. The summed E-state index contributed by atoms with van der Waals surface area (Å²) in [5, 5.41) is 0. The van der Waals surface area contributed by atoms with Crippen LogP contribution in [0.4, 0.5) is 8.78 Å². The van der Waals surface area contributed by atoms with Crippen molar-refractivity contribution in [3.8, 4) is 0 Å². The molecule has 0 radical (unpaired) electrons. The predicted octanol–water partition coefficient (Wildman–Crippen LogP) is 2.12. The van der Waals surface area contributed by atoms with Gasteiger partial charge in [0.05, 0.1) is 18.5 Å². The maximum Gasteiger partial charge on any atom is 0.227 e. The minimum atomic E-state index is -0.959. The van der Waals surface area contributed by atoms with Crippen LogP contribution in [0, 0.1) is 17.6 Å². The summed E-state index contributed by atoms with van der Waals surface area (Å²) in [6, 6.07) is 3.87. The molecule has 4 nitrogen and oxygen atoms in total. The highest BCUT2D eigenvalue weighted by Crippen LogP contribution is 2.37. The van der Waals surface area contributed by atoms with Crippen molar-refractivity contribution in [2.75, 3.05) is 13.1 Å². The second kappa shape index (κ2) is 5.83. The van der Waals surface area contributed by atoms with Crippen molar-refractivity contribution >= 4 is 11.8 Å². The van der Waals surface area contributed by atoms with Crippen molar-refractivity contribution in [1.29, 1.82) is 0 Å². The molecular formula is C18H20F2N2O2. The van der Waals surface area contributed by atoms with Crippen LogP contribution in [0.15, 0.2) is 18.2 Å². The van der Waals surface area contributed by atoms with E-state index >= 15 is 0 Å². The molecule has 2 aliphatic heterocycles. The van der Waals surface area contributed by atoms with Gasteiger partial charge in [-0.05, 0) is 31.2 Å². The Morgan fingerprint density at radius 3 is 2.71 bits per heavy atom. The monoisotopic (exact) mass is 334 g/mol. The van der Waals surface area contributed by atoms with Gasteiger partial charge in [-0.15, -0.1) is 0 Å². The van der Waals surface area contributed by atoms with Gasteiger partial charge in [-0.1, -0.05) is 12.1 Å². The van der Waals surface area contributed by atoms with E-state index in [9.17, 15) is 18.4 Å². The van der Waals surface area contributed by atoms with Gasteiger partial charge in [0, 0.05) is 25.1 Å². The number of nitrogens with zero attached hydrogens (tertiary/aromatic N) is 2. The van der Waals surface area contributed by atoms with E-state index in [1.165, 1.54) is 25.0 Å². The van der Waals surface area contributed by atoms with Crippen LogP contribution in [0.5, 0.6) is 0 Å². The Bertz CT molecular complexity index is 690. The van der Waals surface area contributed by atoms with Crippen molar-refractivity contribution < 1.29 is 18.4 Å². The first-order valence-electron chi connectivity index (χ1n) is 8.56. The van der Waals surface area contributed by atoms with E-state index in [0.717, 1.165) is 19.0 Å². The topological polar surface area (TPSA) is 40.6 Å². The van der Waals surface area contributed by atoms with Gasteiger partial charge >= 0.3 is 0 Å². The Labute approximate surface area is 139 Å². The molecule has 3 aliphatic rings. The van der Waals surface area contributed by atoms with E-state index < -0.39 is 11.6 Å². The van der Waals surface area contributed by atoms with E-state index in [2.05, 4.69) is 0 Å². The molecule has 128 valence electrons. The standard InChI is InChI=1S/C18H20F2N2O2/c19-13-3-1-2-12(18(13)20)8-16(23)21-7-6-14-15(21)9-17(24)22(14)10-11-4-5-11/h1-3,11,14-15H,4-10H2/t14-,15-/m1/s1. The smallest absolute Gasteiger partial charge is 0.227 e. The number of benzene rings is 1. The average molecular weight is 334 g/mol. The SMILES string of the molecule is O=C(Cc1cccc(F)c1F)N1CC[C@@H]2[C@H]1CC(=O)N2CC1CC1. The highest BCUT2D eigenvalue weighted by Gasteiger charge is 2.49. The maximum atomic E-state index is 13.8. The van der Waals surface area contributed by atoms with E-state index in [4.69, 9.17) is 0 Å². The van der Waals surface area contributed by atoms with Gasteiger partial charge in [0.2, 0.25) is 11.8 Å². The third kappa shape index (κ3) is 2.68. The number of amides is 2. The fraction of sp³-hybridized carbons (Fsp3) is 0.556. The molecule has 2 atom stereocenters. The lowest BCUT2D eigenvalue weighted by Gasteiger charge is -2.25. The average Bonchev–Trinajstić information content (AvgIpc) is 3.20. The van der Waals surface area contributed by atoms with Crippen LogP contribution >= 0.6 is 0 Å². The van der Waals surface area contributed by atoms with Crippen molar-refractivity contribution in [2.45, 2.75) is 44.2 Å². The Balaban J connectivity index is 1.46. The first kappa shape index (κ1) is 15.5. The van der Waals surface area contributed by atoms with Crippen LogP contribution in [-0.2, 0) is 16.0 Å². The number of carbonyl (C=O) groups is 2. The number of halogens is 2. The zero-order valence-electron chi connectivity index (χ0n) is 13.4. The summed E-state index contributed by atoms with van der Waals surface area (Å²) in [5.41, 5.74) is 0.0719. The maximum absolute atomic E-state index is 13.8. The summed E-state index contributed by atoms with van der Waals surface area (Å²) in [6.07, 6.45) is 3.34. The first-order chi connectivity index (χ1) is 11.5. The summed E-state index contributed by atoms with van der Waals surface area (Å²) in [4.78, 5) is 28.5. The summed E-state index contributed by atoms with van der Waals surface area (Å²) >= 11 is 0. The van der Waals surface area contributed by atoms with Crippen LogP contribution in [-0.4, -0.2) is 46.8 Å². The molecular weight excluding hydrogens is 314 g/mol. The molecule has 1 aromatic rings. The molecule has 0 bridgehead atoms. The summed E-state index contributed by atoms with van der Waals surface area (Å²) < 4.78 is 27.1. The van der Waals surface area contributed by atoms with E-state index in [1.807, 2.05) is 4.90 Å². The molecule has 1 saturated carbocycles. The van der Waals surface area contributed by atoms with Crippen molar-refractivity contribution in [3.63, 3.8) is 0 Å². The molecule has 3 fully saturated rings. The lowest BCUT2D eigenvalue weighted by Crippen LogP contribution is -2.41. The number of fused-ring (bicyclic) bond motifs is 1. The van der Waals surface area contributed by atoms with Gasteiger partial charge in [-0.3, -0.25) is 9.59 Å². The van der Waals surface area contributed by atoms with Gasteiger partial charge < -0.3 is 9.80 Å². The van der Waals surface area contributed by atoms with Crippen molar-refractivity contribution in [3.05, 3.63) is 35.4 Å². The van der Waals surface area contributed by atoms with Gasteiger partial charge in [0.25, 0.3) is 0 Å². The Morgan fingerprint density at radius 1 is 1.17 bits per heavy atom. The second-order valence-electron chi connectivity index (χ2n) is 7.09. The largest absolute Gasteiger partial charge is 0.337 e.